The Labute approximate surface area is 157 Å². The average molecular weight is 367 g/mol. The van der Waals surface area contributed by atoms with Crippen LogP contribution in [0, 0.1) is 13.8 Å². The Morgan fingerprint density at radius 2 is 1.77 bits per heavy atom. The number of nitrogens with zero attached hydrogens (tertiary/aromatic N) is 2. The van der Waals surface area contributed by atoms with Gasteiger partial charge in [-0.2, -0.15) is 0 Å². The van der Waals surface area contributed by atoms with Crippen molar-refractivity contribution in [3.63, 3.8) is 0 Å². The Hall–Kier alpha value is -2.92. The maximum atomic E-state index is 12.4. The van der Waals surface area contributed by atoms with E-state index in [0.29, 0.717) is 23.1 Å². The highest BCUT2D eigenvalue weighted by Gasteiger charge is 2.11. The van der Waals surface area contributed by atoms with Gasteiger partial charge in [0.1, 0.15) is 17.8 Å². The second kappa shape index (κ2) is 7.97. The summed E-state index contributed by atoms with van der Waals surface area (Å²) < 4.78 is 0. The monoisotopic (exact) mass is 366 g/mol. The normalized spacial score (nSPS) is 10.4. The minimum absolute atomic E-state index is 0.281. The molecule has 0 saturated carbocycles. The van der Waals surface area contributed by atoms with Gasteiger partial charge in [0, 0.05) is 23.3 Å². The minimum Gasteiger partial charge on any atom is -0.347 e. The number of hydrogen-bond donors (Lipinski definition) is 2. The van der Waals surface area contributed by atoms with Gasteiger partial charge in [0.05, 0.1) is 0 Å². The fourth-order valence-corrected chi connectivity index (χ4v) is 2.80. The molecule has 0 aliphatic carbocycles. The highest BCUT2D eigenvalue weighted by Crippen LogP contribution is 2.23. The Morgan fingerprint density at radius 3 is 2.50 bits per heavy atom. The molecule has 0 unspecified atom stereocenters. The number of rotatable bonds is 5. The third kappa shape index (κ3) is 4.18. The van der Waals surface area contributed by atoms with Crippen molar-refractivity contribution in [2.24, 2.45) is 0 Å². The summed E-state index contributed by atoms with van der Waals surface area (Å²) in [7, 11) is 0. The second-order valence-corrected chi connectivity index (χ2v) is 6.36. The Bertz CT molecular complexity index is 922. The Morgan fingerprint density at radius 1 is 1.04 bits per heavy atom. The van der Waals surface area contributed by atoms with E-state index in [-0.39, 0.29) is 5.91 Å². The summed E-state index contributed by atoms with van der Waals surface area (Å²) in [5.74, 6) is 0.289. The summed E-state index contributed by atoms with van der Waals surface area (Å²) in [4.78, 5) is 20.7. The molecule has 0 atom stereocenters. The Balaban J connectivity index is 1.72. The summed E-state index contributed by atoms with van der Waals surface area (Å²) in [5, 5.41) is 6.71. The van der Waals surface area contributed by atoms with Crippen molar-refractivity contribution in [1.82, 2.24) is 15.3 Å². The van der Waals surface area contributed by atoms with E-state index < -0.39 is 0 Å². The van der Waals surface area contributed by atoms with E-state index in [2.05, 4.69) is 20.6 Å². The predicted molar refractivity (Wildman–Crippen MR) is 104 cm³/mol. The molecular formula is C20H19ClN4O. The van der Waals surface area contributed by atoms with Gasteiger partial charge >= 0.3 is 0 Å². The lowest BCUT2D eigenvalue weighted by molar-refractivity contribution is 0.0946. The molecule has 0 fully saturated rings. The number of benzene rings is 2. The summed E-state index contributed by atoms with van der Waals surface area (Å²) >= 11 is 6.11. The zero-order valence-electron chi connectivity index (χ0n) is 14.6. The smallest absolute Gasteiger partial charge is 0.270 e. The van der Waals surface area contributed by atoms with Crippen LogP contribution in [0.3, 0.4) is 0 Å². The van der Waals surface area contributed by atoms with Crippen LogP contribution in [-0.2, 0) is 6.54 Å². The first kappa shape index (κ1) is 17.9. The molecule has 2 N–H and O–H groups in total. The number of carbonyl (C=O) groups excluding carboxylic acids is 1. The maximum absolute atomic E-state index is 12.4. The van der Waals surface area contributed by atoms with Gasteiger partial charge in [0.25, 0.3) is 5.91 Å². The van der Waals surface area contributed by atoms with E-state index in [0.717, 1.165) is 22.4 Å². The molecule has 26 heavy (non-hydrogen) atoms. The number of aryl methyl sites for hydroxylation is 2. The lowest BCUT2D eigenvalue weighted by Gasteiger charge is -2.12. The van der Waals surface area contributed by atoms with Crippen LogP contribution >= 0.6 is 11.6 Å². The number of aromatic nitrogens is 2. The fraction of sp³-hybridized carbons (Fsp3) is 0.150. The molecule has 132 valence electrons. The average Bonchev–Trinajstić information content (AvgIpc) is 2.64. The largest absolute Gasteiger partial charge is 0.347 e. The number of hydrogen-bond acceptors (Lipinski definition) is 4. The third-order valence-corrected chi connectivity index (χ3v) is 4.40. The predicted octanol–water partition coefficient (Wildman–Crippen LogP) is 4.42. The van der Waals surface area contributed by atoms with Crippen LogP contribution in [0.25, 0.3) is 0 Å². The highest BCUT2D eigenvalue weighted by atomic mass is 35.5. The van der Waals surface area contributed by atoms with Gasteiger partial charge in [0.15, 0.2) is 0 Å². The number of nitrogens with one attached hydrogen (secondary N) is 2. The Kier molecular flexibility index (Phi) is 5.49. The van der Waals surface area contributed by atoms with Gasteiger partial charge in [-0.25, -0.2) is 9.97 Å². The van der Waals surface area contributed by atoms with Crippen molar-refractivity contribution in [3.05, 3.63) is 82.3 Å². The fourth-order valence-electron chi connectivity index (χ4n) is 2.60. The number of halogens is 1. The first-order valence-electron chi connectivity index (χ1n) is 8.21. The van der Waals surface area contributed by atoms with Crippen LogP contribution in [0.2, 0.25) is 5.02 Å². The SMILES string of the molecule is Cc1cccc(C)c1Nc1cc(C(=O)NCc2ccccc2Cl)ncn1. The number of amides is 1. The van der Waals surface area contributed by atoms with Gasteiger partial charge in [-0.05, 0) is 36.6 Å². The van der Waals surface area contributed by atoms with Crippen molar-refractivity contribution in [3.8, 4) is 0 Å². The molecule has 6 heteroatoms. The molecule has 1 amide bonds. The van der Waals surface area contributed by atoms with Gasteiger partial charge in [0.2, 0.25) is 0 Å². The molecule has 3 rings (SSSR count). The summed E-state index contributed by atoms with van der Waals surface area (Å²) in [6.07, 6.45) is 1.38. The third-order valence-electron chi connectivity index (χ3n) is 4.03. The van der Waals surface area contributed by atoms with E-state index in [1.54, 1.807) is 12.1 Å². The molecule has 1 aromatic heterocycles. The van der Waals surface area contributed by atoms with Crippen LogP contribution in [0.5, 0.6) is 0 Å². The number of anilines is 2. The van der Waals surface area contributed by atoms with E-state index in [9.17, 15) is 4.79 Å². The molecule has 0 bridgehead atoms. The summed E-state index contributed by atoms with van der Waals surface area (Å²) in [6, 6.07) is 15.1. The lowest BCUT2D eigenvalue weighted by atomic mass is 10.1. The molecule has 5 nitrogen and oxygen atoms in total. The molecule has 1 heterocycles. The molecule has 3 aromatic rings. The van der Waals surface area contributed by atoms with Gasteiger partial charge in [-0.15, -0.1) is 0 Å². The second-order valence-electron chi connectivity index (χ2n) is 5.95. The molecule has 0 aliphatic heterocycles. The van der Waals surface area contributed by atoms with Crippen LogP contribution in [-0.4, -0.2) is 15.9 Å². The molecule has 0 saturated heterocycles. The van der Waals surface area contributed by atoms with E-state index >= 15 is 0 Å². The first-order valence-corrected chi connectivity index (χ1v) is 8.59. The van der Waals surface area contributed by atoms with Gasteiger partial charge in [-0.1, -0.05) is 48.0 Å². The standard InChI is InChI=1S/C20H19ClN4O/c1-13-6-5-7-14(2)19(13)25-18-10-17(23-12-24-18)20(26)22-11-15-8-3-4-9-16(15)21/h3-10,12H,11H2,1-2H3,(H,22,26)(H,23,24,25). The molecule has 2 aromatic carbocycles. The highest BCUT2D eigenvalue weighted by molar-refractivity contribution is 6.31. The first-order chi connectivity index (χ1) is 12.5. The zero-order valence-corrected chi connectivity index (χ0v) is 15.3. The molecule has 0 aliphatic rings. The quantitative estimate of drug-likeness (QED) is 0.701. The van der Waals surface area contributed by atoms with Crippen molar-refractivity contribution in [2.45, 2.75) is 20.4 Å². The lowest BCUT2D eigenvalue weighted by Crippen LogP contribution is -2.24. The van der Waals surface area contributed by atoms with Crippen molar-refractivity contribution < 1.29 is 4.79 Å². The summed E-state index contributed by atoms with van der Waals surface area (Å²) in [5.41, 5.74) is 4.33. The van der Waals surface area contributed by atoms with E-state index in [1.807, 2.05) is 50.2 Å². The number of carbonyl (C=O) groups is 1. The maximum Gasteiger partial charge on any atom is 0.270 e. The molecular weight excluding hydrogens is 348 g/mol. The zero-order chi connectivity index (χ0) is 18.5. The van der Waals surface area contributed by atoms with Crippen LogP contribution in [0.1, 0.15) is 27.2 Å². The van der Waals surface area contributed by atoms with Crippen molar-refractivity contribution >= 4 is 29.0 Å². The topological polar surface area (TPSA) is 66.9 Å². The van der Waals surface area contributed by atoms with Crippen LogP contribution in [0.15, 0.2) is 54.9 Å². The van der Waals surface area contributed by atoms with Gasteiger partial charge < -0.3 is 10.6 Å². The number of para-hydroxylation sites is 1. The van der Waals surface area contributed by atoms with Crippen LogP contribution in [0.4, 0.5) is 11.5 Å². The molecule has 0 spiro atoms. The van der Waals surface area contributed by atoms with Crippen molar-refractivity contribution in [1.29, 1.82) is 0 Å². The van der Waals surface area contributed by atoms with Crippen LogP contribution < -0.4 is 10.6 Å². The van der Waals surface area contributed by atoms with Gasteiger partial charge in [-0.3, -0.25) is 4.79 Å². The van der Waals surface area contributed by atoms with E-state index in [4.69, 9.17) is 11.6 Å². The van der Waals surface area contributed by atoms with E-state index in [1.165, 1.54) is 6.33 Å². The minimum atomic E-state index is -0.281. The summed E-state index contributed by atoms with van der Waals surface area (Å²) in [6.45, 7) is 4.38. The molecule has 0 radical (unpaired) electrons. The van der Waals surface area contributed by atoms with Crippen molar-refractivity contribution in [2.75, 3.05) is 5.32 Å².